The molecule has 1 aromatic rings. The van der Waals surface area contributed by atoms with Crippen molar-refractivity contribution in [3.63, 3.8) is 0 Å². The minimum Gasteiger partial charge on any atom is -0.303 e. The number of hydrogen-bond donors (Lipinski definition) is 2. The zero-order valence-corrected chi connectivity index (χ0v) is 7.18. The molecule has 0 bridgehead atoms. The van der Waals surface area contributed by atoms with E-state index in [0.29, 0.717) is 0 Å². The van der Waals surface area contributed by atoms with Gasteiger partial charge < -0.3 is 5.10 Å². The molecule has 1 aliphatic heterocycles. The van der Waals surface area contributed by atoms with Gasteiger partial charge in [-0.2, -0.15) is 0 Å². The lowest BCUT2D eigenvalue weighted by atomic mass is 10.4. The number of anilines is 1. The van der Waals surface area contributed by atoms with E-state index in [0.717, 1.165) is 16.7 Å². The number of H-pyrrole nitrogens is 2. The zero-order chi connectivity index (χ0) is 9.42. The molecule has 6 nitrogen and oxygen atoms in total. The van der Waals surface area contributed by atoms with Gasteiger partial charge in [-0.05, 0) is 0 Å². The van der Waals surface area contributed by atoms with Crippen molar-refractivity contribution >= 4 is 28.6 Å². The molecule has 1 fully saturated rings. The third-order valence-corrected chi connectivity index (χ3v) is 2.44. The van der Waals surface area contributed by atoms with Gasteiger partial charge in [-0.3, -0.25) is 19.5 Å². The monoisotopic (exact) mass is 199 g/mol. The molecule has 1 aliphatic rings. The lowest BCUT2D eigenvalue weighted by Crippen LogP contribution is -2.31. The van der Waals surface area contributed by atoms with E-state index in [1.54, 1.807) is 0 Å². The molecule has 0 unspecified atom stereocenters. The van der Waals surface area contributed by atoms with Gasteiger partial charge in [-0.25, -0.2) is 4.90 Å². The van der Waals surface area contributed by atoms with E-state index in [4.69, 9.17) is 0 Å². The van der Waals surface area contributed by atoms with Gasteiger partial charge in [0.05, 0.1) is 5.75 Å². The van der Waals surface area contributed by atoms with Crippen molar-refractivity contribution in [3.8, 4) is 0 Å². The van der Waals surface area contributed by atoms with Gasteiger partial charge in [0.15, 0.2) is 0 Å². The van der Waals surface area contributed by atoms with Crippen LogP contribution in [0.5, 0.6) is 0 Å². The van der Waals surface area contributed by atoms with Crippen LogP contribution >= 0.6 is 11.8 Å². The Hall–Kier alpha value is -1.50. The lowest BCUT2D eigenvalue weighted by molar-refractivity contribution is -0.115. The number of carbonyl (C=O) groups excluding carboxylic acids is 2. The fourth-order valence-corrected chi connectivity index (χ4v) is 1.76. The molecule has 7 heteroatoms. The van der Waals surface area contributed by atoms with Crippen molar-refractivity contribution in [2.45, 2.75) is 0 Å². The fourth-order valence-electron chi connectivity index (χ4n) is 1.05. The van der Waals surface area contributed by atoms with Crippen molar-refractivity contribution in [2.24, 2.45) is 0 Å². The number of carbonyl (C=O) groups is 2. The zero-order valence-electron chi connectivity index (χ0n) is 6.36. The summed E-state index contributed by atoms with van der Waals surface area (Å²) in [6.07, 6.45) is 1.30. The first-order chi connectivity index (χ1) is 6.20. The Bertz CT molecular complexity index is 405. The van der Waals surface area contributed by atoms with Gasteiger partial charge in [-0.1, -0.05) is 11.8 Å². The van der Waals surface area contributed by atoms with Crippen molar-refractivity contribution in [3.05, 3.63) is 16.6 Å². The van der Waals surface area contributed by atoms with Gasteiger partial charge in [0.25, 0.3) is 10.8 Å². The van der Waals surface area contributed by atoms with E-state index in [2.05, 4.69) is 10.2 Å². The highest BCUT2D eigenvalue weighted by atomic mass is 32.2. The summed E-state index contributed by atoms with van der Waals surface area (Å²) < 4.78 is 0. The van der Waals surface area contributed by atoms with Crippen molar-refractivity contribution in [1.82, 2.24) is 10.2 Å². The lowest BCUT2D eigenvalue weighted by Gasteiger charge is -2.06. The Morgan fingerprint density at radius 1 is 1.38 bits per heavy atom. The third-order valence-electron chi connectivity index (χ3n) is 1.62. The molecule has 0 aromatic carbocycles. The molecular weight excluding hydrogens is 194 g/mol. The maximum atomic E-state index is 11.2. The van der Waals surface area contributed by atoms with E-state index in [1.807, 2.05) is 0 Å². The van der Waals surface area contributed by atoms with Crippen molar-refractivity contribution in [1.29, 1.82) is 0 Å². The van der Waals surface area contributed by atoms with Crippen LogP contribution in [-0.2, 0) is 4.79 Å². The smallest absolute Gasteiger partial charge is 0.293 e. The third kappa shape index (κ3) is 1.17. The summed E-state index contributed by atoms with van der Waals surface area (Å²) in [4.78, 5) is 34.2. The highest BCUT2D eigenvalue weighted by Gasteiger charge is 2.33. The number of imide groups is 1. The first-order valence-electron chi connectivity index (χ1n) is 3.46. The highest BCUT2D eigenvalue weighted by molar-refractivity contribution is 8.15. The minimum atomic E-state index is -0.468. The SMILES string of the molecule is O=C1CSC(=O)N1c1c[nH][nH]c1=O. The molecule has 1 aromatic heterocycles. The number of hydrogen-bond acceptors (Lipinski definition) is 4. The largest absolute Gasteiger partial charge is 0.303 e. The van der Waals surface area contributed by atoms with Crippen LogP contribution in [0.1, 0.15) is 0 Å². The summed E-state index contributed by atoms with van der Waals surface area (Å²) in [5, 5.41) is 4.27. The molecule has 2 N–H and O–H groups in total. The van der Waals surface area contributed by atoms with Gasteiger partial charge in [0.2, 0.25) is 5.91 Å². The summed E-state index contributed by atoms with van der Waals surface area (Å²) in [6.45, 7) is 0. The summed E-state index contributed by atoms with van der Waals surface area (Å²) in [6, 6.07) is 0. The van der Waals surface area contributed by atoms with Crippen LogP contribution in [0.25, 0.3) is 0 Å². The van der Waals surface area contributed by atoms with Gasteiger partial charge in [0.1, 0.15) is 5.69 Å². The Morgan fingerprint density at radius 2 is 2.15 bits per heavy atom. The van der Waals surface area contributed by atoms with Crippen LogP contribution in [0.4, 0.5) is 10.5 Å². The van der Waals surface area contributed by atoms with Crippen LogP contribution in [0, 0.1) is 0 Å². The molecule has 1 saturated heterocycles. The van der Waals surface area contributed by atoms with Crippen LogP contribution in [0.2, 0.25) is 0 Å². The quantitative estimate of drug-likeness (QED) is 0.661. The summed E-state index contributed by atoms with van der Waals surface area (Å²) >= 11 is 0.891. The molecule has 0 radical (unpaired) electrons. The Morgan fingerprint density at radius 3 is 2.62 bits per heavy atom. The topological polar surface area (TPSA) is 86.0 Å². The summed E-state index contributed by atoms with van der Waals surface area (Å²) in [7, 11) is 0. The molecule has 13 heavy (non-hydrogen) atoms. The van der Waals surface area contributed by atoms with Crippen LogP contribution in [0.3, 0.4) is 0 Å². The highest BCUT2D eigenvalue weighted by Crippen LogP contribution is 2.22. The van der Waals surface area contributed by atoms with E-state index >= 15 is 0 Å². The number of nitrogens with zero attached hydrogens (tertiary/aromatic N) is 1. The molecule has 0 spiro atoms. The maximum absolute atomic E-state index is 11.2. The van der Waals surface area contributed by atoms with E-state index in [1.165, 1.54) is 6.20 Å². The van der Waals surface area contributed by atoms with E-state index < -0.39 is 10.8 Å². The van der Waals surface area contributed by atoms with Crippen LogP contribution in [0.15, 0.2) is 11.0 Å². The fraction of sp³-hybridized carbons (Fsp3) is 0.167. The molecular formula is C6H5N3O3S. The average Bonchev–Trinajstić information content (AvgIpc) is 2.60. The summed E-state index contributed by atoms with van der Waals surface area (Å²) in [5.41, 5.74) is -0.413. The number of amides is 2. The molecule has 2 amide bonds. The number of aromatic nitrogens is 2. The molecule has 0 aliphatic carbocycles. The predicted octanol–water partition coefficient (Wildman–Crippen LogP) is -0.0972. The standard InChI is InChI=1S/C6H5N3O3S/c10-4-2-13-6(12)9(4)3-1-7-8-5(3)11/h1H,2H2,(H2,7,8,11). The molecule has 2 heterocycles. The Labute approximate surface area is 76.3 Å². The van der Waals surface area contributed by atoms with Crippen molar-refractivity contribution in [2.75, 3.05) is 10.7 Å². The molecule has 68 valence electrons. The van der Waals surface area contributed by atoms with Crippen LogP contribution in [-0.4, -0.2) is 27.1 Å². The second-order valence-corrected chi connectivity index (χ2v) is 3.34. The first-order valence-corrected chi connectivity index (χ1v) is 4.44. The normalized spacial score (nSPS) is 17.1. The van der Waals surface area contributed by atoms with Gasteiger partial charge in [0, 0.05) is 6.20 Å². The van der Waals surface area contributed by atoms with Gasteiger partial charge >= 0.3 is 0 Å². The van der Waals surface area contributed by atoms with E-state index in [-0.39, 0.29) is 17.3 Å². The molecule has 0 atom stereocenters. The predicted molar refractivity (Wildman–Crippen MR) is 46.8 cm³/mol. The van der Waals surface area contributed by atoms with Crippen molar-refractivity contribution < 1.29 is 9.59 Å². The number of nitrogens with one attached hydrogen (secondary N) is 2. The second kappa shape index (κ2) is 2.77. The number of rotatable bonds is 1. The van der Waals surface area contributed by atoms with Crippen LogP contribution < -0.4 is 10.5 Å². The number of aromatic amines is 2. The Balaban J connectivity index is 2.46. The van der Waals surface area contributed by atoms with Gasteiger partial charge in [-0.15, -0.1) is 0 Å². The average molecular weight is 199 g/mol. The molecule has 2 rings (SSSR count). The second-order valence-electron chi connectivity index (χ2n) is 2.41. The maximum Gasteiger partial charge on any atom is 0.293 e. The van der Waals surface area contributed by atoms with E-state index in [9.17, 15) is 14.4 Å². The summed E-state index contributed by atoms with van der Waals surface area (Å²) in [5.74, 6) is -0.260. The number of thioether (sulfide) groups is 1. The minimum absolute atomic E-state index is 0.0556. The molecule has 0 saturated carbocycles. The Kier molecular flexibility index (Phi) is 1.73. The first kappa shape index (κ1) is 8.11.